The number of hydrogen-bond donors (Lipinski definition) is 2. The molecule has 2 N–H and O–H groups in total. The molecule has 2 aromatic rings. The van der Waals surface area contributed by atoms with Gasteiger partial charge in [-0.3, -0.25) is 4.79 Å². The van der Waals surface area contributed by atoms with Crippen molar-refractivity contribution in [2.45, 2.75) is 12.5 Å². The summed E-state index contributed by atoms with van der Waals surface area (Å²) >= 11 is 0. The molecule has 0 saturated heterocycles. The van der Waals surface area contributed by atoms with Crippen molar-refractivity contribution < 1.29 is 19.1 Å². The molecule has 1 aromatic heterocycles. The van der Waals surface area contributed by atoms with E-state index in [0.29, 0.717) is 5.58 Å². The number of methoxy groups -OCH3 is 1. The van der Waals surface area contributed by atoms with Crippen molar-refractivity contribution in [3.63, 3.8) is 0 Å². The van der Waals surface area contributed by atoms with E-state index in [1.807, 2.05) is 18.2 Å². The van der Waals surface area contributed by atoms with Crippen LogP contribution in [0.2, 0.25) is 0 Å². The molecular formula is C14H17NO4. The molecule has 0 spiro atoms. The first-order valence-corrected chi connectivity index (χ1v) is 6.00. The van der Waals surface area contributed by atoms with Crippen LogP contribution in [-0.4, -0.2) is 36.9 Å². The minimum Gasteiger partial charge on any atom is -0.451 e. The third kappa shape index (κ3) is 3.33. The number of benzene rings is 1. The Bertz CT molecular complexity index is 541. The lowest BCUT2D eigenvalue weighted by molar-refractivity contribution is -0.0148. The van der Waals surface area contributed by atoms with E-state index in [1.54, 1.807) is 19.1 Å². The summed E-state index contributed by atoms with van der Waals surface area (Å²) in [4.78, 5) is 11.9. The number of aliphatic hydroxyl groups is 1. The molecule has 5 heteroatoms. The molecule has 19 heavy (non-hydrogen) atoms. The summed E-state index contributed by atoms with van der Waals surface area (Å²) in [6, 6.07) is 9.07. The highest BCUT2D eigenvalue weighted by atomic mass is 16.5. The number of amides is 1. The molecule has 102 valence electrons. The van der Waals surface area contributed by atoms with Crippen molar-refractivity contribution in [3.8, 4) is 0 Å². The molecule has 0 aliphatic carbocycles. The Labute approximate surface area is 111 Å². The molecular weight excluding hydrogens is 246 g/mol. The van der Waals surface area contributed by atoms with Gasteiger partial charge in [-0.05, 0) is 19.1 Å². The monoisotopic (exact) mass is 263 g/mol. The van der Waals surface area contributed by atoms with Crippen LogP contribution < -0.4 is 5.32 Å². The van der Waals surface area contributed by atoms with Gasteiger partial charge in [-0.2, -0.15) is 0 Å². The number of para-hydroxylation sites is 1. The van der Waals surface area contributed by atoms with Gasteiger partial charge in [-0.25, -0.2) is 0 Å². The average molecular weight is 263 g/mol. The molecule has 0 fully saturated rings. The smallest absolute Gasteiger partial charge is 0.287 e. The fourth-order valence-electron chi connectivity index (χ4n) is 1.81. The van der Waals surface area contributed by atoms with Gasteiger partial charge in [0, 0.05) is 19.0 Å². The van der Waals surface area contributed by atoms with Gasteiger partial charge in [-0.15, -0.1) is 0 Å². The largest absolute Gasteiger partial charge is 0.451 e. The second-order valence-corrected chi connectivity index (χ2v) is 4.76. The van der Waals surface area contributed by atoms with E-state index in [1.165, 1.54) is 7.11 Å². The Morgan fingerprint density at radius 3 is 2.89 bits per heavy atom. The van der Waals surface area contributed by atoms with Crippen LogP contribution in [-0.2, 0) is 4.74 Å². The fraction of sp³-hybridized carbons (Fsp3) is 0.357. The van der Waals surface area contributed by atoms with Crippen molar-refractivity contribution >= 4 is 16.9 Å². The van der Waals surface area contributed by atoms with Gasteiger partial charge in [0.05, 0.1) is 6.61 Å². The molecule has 0 radical (unpaired) electrons. The first kappa shape index (κ1) is 13.6. The highest BCUT2D eigenvalue weighted by Gasteiger charge is 2.22. The van der Waals surface area contributed by atoms with Crippen molar-refractivity contribution in [1.82, 2.24) is 5.32 Å². The third-order valence-electron chi connectivity index (χ3n) is 2.73. The van der Waals surface area contributed by atoms with E-state index in [9.17, 15) is 9.90 Å². The zero-order valence-electron chi connectivity index (χ0n) is 11.0. The fourth-order valence-corrected chi connectivity index (χ4v) is 1.81. The summed E-state index contributed by atoms with van der Waals surface area (Å²) in [5.41, 5.74) is -0.438. The molecule has 1 aromatic carbocycles. The summed E-state index contributed by atoms with van der Waals surface area (Å²) in [6.07, 6.45) is 0. The van der Waals surface area contributed by atoms with Crippen LogP contribution in [0.1, 0.15) is 17.5 Å². The predicted molar refractivity (Wildman–Crippen MR) is 71.0 cm³/mol. The van der Waals surface area contributed by atoms with Gasteiger partial charge >= 0.3 is 0 Å². The summed E-state index contributed by atoms with van der Waals surface area (Å²) in [5.74, 6) is -0.123. The number of carbonyl (C=O) groups is 1. The maximum Gasteiger partial charge on any atom is 0.287 e. The Balaban J connectivity index is 2.04. The van der Waals surface area contributed by atoms with E-state index < -0.39 is 5.60 Å². The number of rotatable bonds is 5. The van der Waals surface area contributed by atoms with Gasteiger partial charge in [0.1, 0.15) is 11.2 Å². The summed E-state index contributed by atoms with van der Waals surface area (Å²) < 4.78 is 10.3. The van der Waals surface area contributed by atoms with Crippen molar-refractivity contribution in [2.75, 3.05) is 20.3 Å². The second-order valence-electron chi connectivity index (χ2n) is 4.76. The summed E-state index contributed by atoms with van der Waals surface area (Å²) in [6.45, 7) is 1.83. The van der Waals surface area contributed by atoms with E-state index in [4.69, 9.17) is 9.15 Å². The SMILES string of the molecule is COC[C@](C)(O)CNC(=O)c1cc2ccccc2o1. The highest BCUT2D eigenvalue weighted by Crippen LogP contribution is 2.18. The Hall–Kier alpha value is -1.85. The number of furan rings is 1. The Morgan fingerprint density at radius 1 is 1.47 bits per heavy atom. The first-order chi connectivity index (χ1) is 9.02. The van der Waals surface area contributed by atoms with Crippen molar-refractivity contribution in [3.05, 3.63) is 36.1 Å². The van der Waals surface area contributed by atoms with Crippen LogP contribution in [0.3, 0.4) is 0 Å². The zero-order valence-corrected chi connectivity index (χ0v) is 11.0. The number of fused-ring (bicyclic) bond motifs is 1. The standard InChI is InChI=1S/C14H17NO4/c1-14(17,9-18-2)8-15-13(16)12-7-10-5-3-4-6-11(10)19-12/h3-7,17H,8-9H2,1-2H3,(H,15,16)/t14-/m1/s1. The van der Waals surface area contributed by atoms with Gasteiger partial charge in [0.15, 0.2) is 5.76 Å². The Morgan fingerprint density at radius 2 is 2.21 bits per heavy atom. The van der Waals surface area contributed by atoms with Crippen molar-refractivity contribution in [1.29, 1.82) is 0 Å². The third-order valence-corrected chi connectivity index (χ3v) is 2.73. The maximum atomic E-state index is 11.9. The second kappa shape index (κ2) is 5.42. The molecule has 0 aliphatic heterocycles. The molecule has 0 bridgehead atoms. The minimum absolute atomic E-state index is 0.0940. The van der Waals surface area contributed by atoms with Crippen molar-refractivity contribution in [2.24, 2.45) is 0 Å². The lowest BCUT2D eigenvalue weighted by Crippen LogP contribution is -2.43. The van der Waals surface area contributed by atoms with E-state index >= 15 is 0 Å². The van der Waals surface area contributed by atoms with Crippen LogP contribution in [0.4, 0.5) is 0 Å². The molecule has 0 aliphatic rings. The molecule has 1 amide bonds. The van der Waals surface area contributed by atoms with Crippen LogP contribution >= 0.6 is 0 Å². The Kier molecular flexibility index (Phi) is 3.87. The number of nitrogens with one attached hydrogen (secondary N) is 1. The minimum atomic E-state index is -1.10. The molecule has 2 rings (SSSR count). The van der Waals surface area contributed by atoms with Crippen LogP contribution in [0.25, 0.3) is 11.0 Å². The number of carbonyl (C=O) groups excluding carboxylic acids is 1. The molecule has 1 heterocycles. The quantitative estimate of drug-likeness (QED) is 0.858. The molecule has 0 unspecified atom stereocenters. The van der Waals surface area contributed by atoms with Gasteiger partial charge < -0.3 is 19.6 Å². The van der Waals surface area contributed by atoms with Gasteiger partial charge in [0.25, 0.3) is 5.91 Å². The molecule has 0 saturated carbocycles. The lowest BCUT2D eigenvalue weighted by atomic mass is 10.1. The predicted octanol–water partition coefficient (Wildman–Crippen LogP) is 1.56. The molecule has 1 atom stereocenters. The summed E-state index contributed by atoms with van der Waals surface area (Å²) in [5, 5.41) is 13.4. The number of hydrogen-bond acceptors (Lipinski definition) is 4. The van der Waals surface area contributed by atoms with Crippen LogP contribution in [0.15, 0.2) is 34.7 Å². The lowest BCUT2D eigenvalue weighted by Gasteiger charge is -2.22. The van der Waals surface area contributed by atoms with Crippen LogP contribution in [0, 0.1) is 0 Å². The van der Waals surface area contributed by atoms with Crippen LogP contribution in [0.5, 0.6) is 0 Å². The van der Waals surface area contributed by atoms with E-state index in [-0.39, 0.29) is 24.8 Å². The van der Waals surface area contributed by atoms with E-state index in [2.05, 4.69) is 5.32 Å². The topological polar surface area (TPSA) is 71.7 Å². The maximum absolute atomic E-state index is 11.9. The first-order valence-electron chi connectivity index (χ1n) is 6.00. The average Bonchev–Trinajstić information content (AvgIpc) is 2.79. The normalized spacial score (nSPS) is 14.3. The summed E-state index contributed by atoms with van der Waals surface area (Å²) in [7, 11) is 1.50. The number of ether oxygens (including phenoxy) is 1. The molecule has 5 nitrogen and oxygen atoms in total. The zero-order chi connectivity index (χ0) is 13.9. The van der Waals surface area contributed by atoms with E-state index in [0.717, 1.165) is 5.39 Å². The highest BCUT2D eigenvalue weighted by molar-refractivity contribution is 5.96. The van der Waals surface area contributed by atoms with Gasteiger partial charge in [-0.1, -0.05) is 18.2 Å². The van der Waals surface area contributed by atoms with Gasteiger partial charge in [0.2, 0.25) is 0 Å².